The molecule has 1 heterocycles. The van der Waals surface area contributed by atoms with Gasteiger partial charge in [0.05, 0.1) is 24.1 Å². The summed E-state index contributed by atoms with van der Waals surface area (Å²) in [5.41, 5.74) is 4.39. The molecule has 0 unspecified atom stereocenters. The Morgan fingerprint density at radius 2 is 1.72 bits per heavy atom. The average molecular weight is 468 g/mol. The fourth-order valence-electron chi connectivity index (χ4n) is 3.62. The summed E-state index contributed by atoms with van der Waals surface area (Å²) in [5.74, 6) is 1.37. The summed E-state index contributed by atoms with van der Waals surface area (Å²) >= 11 is 12.2. The van der Waals surface area contributed by atoms with Gasteiger partial charge >= 0.3 is 0 Å². The van der Waals surface area contributed by atoms with Gasteiger partial charge in [-0.3, -0.25) is 4.79 Å². The van der Waals surface area contributed by atoms with Crippen molar-refractivity contribution in [1.82, 2.24) is 14.9 Å². The third-order valence-corrected chi connectivity index (χ3v) is 6.09. The molecule has 1 aromatic heterocycles. The highest BCUT2D eigenvalue weighted by molar-refractivity contribution is 6.32. The first-order chi connectivity index (χ1) is 15.4. The number of nitrogens with one attached hydrogen (secondary N) is 1. The molecule has 0 bridgehead atoms. The molecule has 164 valence electrons. The summed E-state index contributed by atoms with van der Waals surface area (Å²) in [6, 6.07) is 18.6. The van der Waals surface area contributed by atoms with E-state index in [0.717, 1.165) is 38.8 Å². The molecule has 0 fully saturated rings. The number of para-hydroxylation sites is 2. The first kappa shape index (κ1) is 22.2. The number of halogens is 2. The predicted molar refractivity (Wildman–Crippen MR) is 129 cm³/mol. The van der Waals surface area contributed by atoms with E-state index < -0.39 is 0 Å². The van der Waals surface area contributed by atoms with Crippen molar-refractivity contribution in [3.63, 3.8) is 0 Å². The van der Waals surface area contributed by atoms with Gasteiger partial charge in [0.25, 0.3) is 5.91 Å². The number of benzene rings is 3. The third kappa shape index (κ3) is 4.90. The number of fused-ring (bicyclic) bond motifs is 1. The molecular formula is C25H23Cl2N3O2. The monoisotopic (exact) mass is 467 g/mol. The summed E-state index contributed by atoms with van der Waals surface area (Å²) in [5, 5.41) is 4.30. The number of amides is 1. The van der Waals surface area contributed by atoms with Gasteiger partial charge in [-0.25, -0.2) is 4.98 Å². The summed E-state index contributed by atoms with van der Waals surface area (Å²) < 4.78 is 8.08. The van der Waals surface area contributed by atoms with Crippen LogP contribution in [-0.4, -0.2) is 22.1 Å². The lowest BCUT2D eigenvalue weighted by atomic mass is 10.1. The van der Waals surface area contributed by atoms with E-state index in [2.05, 4.69) is 9.88 Å². The maximum Gasteiger partial charge on any atom is 0.251 e. The van der Waals surface area contributed by atoms with Crippen LogP contribution in [0.25, 0.3) is 11.0 Å². The van der Waals surface area contributed by atoms with Crippen molar-refractivity contribution in [3.8, 4) is 5.75 Å². The number of rotatable bonds is 7. The fourth-order valence-corrected chi connectivity index (χ4v) is 3.85. The van der Waals surface area contributed by atoms with Crippen LogP contribution in [0.3, 0.4) is 0 Å². The van der Waals surface area contributed by atoms with Crippen LogP contribution in [0.15, 0.2) is 60.7 Å². The van der Waals surface area contributed by atoms with E-state index in [0.29, 0.717) is 30.3 Å². The number of hydrogen-bond acceptors (Lipinski definition) is 3. The number of hydrogen-bond donors (Lipinski definition) is 1. The van der Waals surface area contributed by atoms with Gasteiger partial charge in [0.1, 0.15) is 18.2 Å². The fraction of sp³-hybridized carbons (Fsp3) is 0.200. The van der Waals surface area contributed by atoms with E-state index in [-0.39, 0.29) is 5.91 Å². The smallest absolute Gasteiger partial charge is 0.251 e. The van der Waals surface area contributed by atoms with Crippen molar-refractivity contribution in [2.24, 2.45) is 0 Å². The van der Waals surface area contributed by atoms with E-state index in [1.807, 2.05) is 50.2 Å². The lowest BCUT2D eigenvalue weighted by Gasteiger charge is -2.13. The van der Waals surface area contributed by atoms with Crippen molar-refractivity contribution in [3.05, 3.63) is 93.2 Å². The molecule has 0 atom stereocenters. The normalized spacial score (nSPS) is 11.0. The molecule has 4 aromatic rings. The lowest BCUT2D eigenvalue weighted by Crippen LogP contribution is -2.25. The first-order valence-electron chi connectivity index (χ1n) is 10.3. The van der Waals surface area contributed by atoms with Crippen LogP contribution in [0.4, 0.5) is 0 Å². The second kappa shape index (κ2) is 9.63. The highest BCUT2D eigenvalue weighted by Crippen LogP contribution is 2.26. The number of nitrogens with zero attached hydrogens (tertiary/aromatic N) is 2. The summed E-state index contributed by atoms with van der Waals surface area (Å²) in [6.07, 6.45) is 0. The minimum atomic E-state index is -0.177. The van der Waals surface area contributed by atoms with Crippen LogP contribution in [-0.2, 0) is 13.1 Å². The maximum atomic E-state index is 12.5. The maximum absolute atomic E-state index is 12.5. The van der Waals surface area contributed by atoms with Gasteiger partial charge < -0.3 is 14.6 Å². The van der Waals surface area contributed by atoms with Crippen molar-refractivity contribution < 1.29 is 9.53 Å². The minimum absolute atomic E-state index is 0.177. The quantitative estimate of drug-likeness (QED) is 0.364. The van der Waals surface area contributed by atoms with E-state index in [4.69, 9.17) is 32.9 Å². The number of carbonyl (C=O) groups excluding carboxylic acids is 1. The first-order valence-corrected chi connectivity index (χ1v) is 11.1. The van der Waals surface area contributed by atoms with Gasteiger partial charge in [0, 0.05) is 15.6 Å². The molecule has 0 spiro atoms. The molecule has 0 saturated heterocycles. The molecule has 1 N–H and O–H groups in total. The van der Waals surface area contributed by atoms with E-state index in [1.165, 1.54) is 0 Å². The van der Waals surface area contributed by atoms with E-state index in [1.54, 1.807) is 24.3 Å². The van der Waals surface area contributed by atoms with Crippen molar-refractivity contribution in [2.75, 3.05) is 6.61 Å². The Morgan fingerprint density at radius 1 is 1.03 bits per heavy atom. The summed E-state index contributed by atoms with van der Waals surface area (Å²) in [6.45, 7) is 5.28. The molecule has 0 aliphatic rings. The molecule has 5 nitrogen and oxygen atoms in total. The number of ether oxygens (including phenoxy) is 1. The average Bonchev–Trinajstić information content (AvgIpc) is 3.14. The highest BCUT2D eigenvalue weighted by atomic mass is 35.5. The number of aromatic nitrogens is 2. The molecule has 0 saturated carbocycles. The zero-order valence-corrected chi connectivity index (χ0v) is 19.4. The Balaban J connectivity index is 1.49. The van der Waals surface area contributed by atoms with Gasteiger partial charge in [-0.2, -0.15) is 0 Å². The van der Waals surface area contributed by atoms with Gasteiger partial charge in [0.2, 0.25) is 0 Å². The molecule has 7 heteroatoms. The van der Waals surface area contributed by atoms with E-state index >= 15 is 0 Å². The van der Waals surface area contributed by atoms with Gasteiger partial charge in [0.15, 0.2) is 0 Å². The minimum Gasteiger partial charge on any atom is -0.492 e. The van der Waals surface area contributed by atoms with Crippen molar-refractivity contribution in [1.29, 1.82) is 0 Å². The second-order valence-corrected chi connectivity index (χ2v) is 8.39. The predicted octanol–water partition coefficient (Wildman–Crippen LogP) is 5.97. The molecule has 0 aliphatic carbocycles. The highest BCUT2D eigenvalue weighted by Gasteiger charge is 2.13. The van der Waals surface area contributed by atoms with Gasteiger partial charge in [-0.05, 0) is 73.5 Å². The van der Waals surface area contributed by atoms with Gasteiger partial charge in [-0.1, -0.05) is 35.3 Å². The Labute approximate surface area is 196 Å². The largest absolute Gasteiger partial charge is 0.492 e. The second-order valence-electron chi connectivity index (χ2n) is 7.58. The number of aryl methyl sites for hydroxylation is 2. The van der Waals surface area contributed by atoms with Crippen LogP contribution >= 0.6 is 23.2 Å². The molecule has 0 aliphatic heterocycles. The third-order valence-electron chi connectivity index (χ3n) is 5.24. The molecule has 1 amide bonds. The Hall–Kier alpha value is -3.02. The molecular weight excluding hydrogens is 445 g/mol. The van der Waals surface area contributed by atoms with Crippen LogP contribution in [0.2, 0.25) is 10.0 Å². The van der Waals surface area contributed by atoms with Crippen LogP contribution in [0.5, 0.6) is 5.75 Å². The topological polar surface area (TPSA) is 56.1 Å². The summed E-state index contributed by atoms with van der Waals surface area (Å²) in [7, 11) is 0. The van der Waals surface area contributed by atoms with E-state index in [9.17, 15) is 4.79 Å². The van der Waals surface area contributed by atoms with Crippen molar-refractivity contribution in [2.45, 2.75) is 26.9 Å². The van der Waals surface area contributed by atoms with Gasteiger partial charge in [-0.15, -0.1) is 0 Å². The summed E-state index contributed by atoms with van der Waals surface area (Å²) in [4.78, 5) is 17.2. The Morgan fingerprint density at radius 3 is 2.44 bits per heavy atom. The number of imidazole rings is 1. The number of carbonyl (C=O) groups is 1. The zero-order valence-electron chi connectivity index (χ0n) is 17.9. The molecule has 4 rings (SSSR count). The molecule has 0 radical (unpaired) electrons. The molecule has 32 heavy (non-hydrogen) atoms. The Bertz CT molecular complexity index is 1240. The SMILES string of the molecule is Cc1cc(OCCn2c(CNC(=O)c3ccc(Cl)cc3)nc3ccccc32)cc(C)c1Cl. The zero-order chi connectivity index (χ0) is 22.7. The van der Waals surface area contributed by atoms with Crippen LogP contribution in [0, 0.1) is 13.8 Å². The Kier molecular flexibility index (Phi) is 6.68. The van der Waals surface area contributed by atoms with Crippen molar-refractivity contribution >= 4 is 40.1 Å². The van der Waals surface area contributed by atoms with Crippen LogP contribution in [0.1, 0.15) is 27.3 Å². The standard InChI is InChI=1S/C25H23Cl2N3O2/c1-16-13-20(14-17(2)24(16)27)32-12-11-30-22-6-4-3-5-21(22)29-23(30)15-28-25(31)18-7-9-19(26)10-8-18/h3-10,13-14H,11-12,15H2,1-2H3,(H,28,31). The molecule has 3 aromatic carbocycles. The lowest BCUT2D eigenvalue weighted by molar-refractivity contribution is 0.0949. The van der Waals surface area contributed by atoms with Crippen LogP contribution < -0.4 is 10.1 Å².